The van der Waals surface area contributed by atoms with Crippen molar-refractivity contribution >= 4 is 28.9 Å². The Kier molecular flexibility index (Phi) is 3.67. The van der Waals surface area contributed by atoms with Crippen molar-refractivity contribution in [2.24, 2.45) is 0 Å². The monoisotopic (exact) mass is 291 g/mol. The number of benzene rings is 2. The third-order valence-electron chi connectivity index (χ3n) is 3.58. The number of anilines is 1. The van der Waals surface area contributed by atoms with E-state index in [1.54, 1.807) is 0 Å². The van der Waals surface area contributed by atoms with Crippen LogP contribution in [0, 0.1) is 0 Å². The fourth-order valence-corrected chi connectivity index (χ4v) is 2.86. The molecular formula is C16H15Cl2N. The van der Waals surface area contributed by atoms with E-state index in [2.05, 4.69) is 23.5 Å². The molecule has 3 rings (SSSR count). The van der Waals surface area contributed by atoms with Crippen molar-refractivity contribution in [2.45, 2.75) is 25.8 Å². The van der Waals surface area contributed by atoms with Crippen LogP contribution in [0.1, 0.15) is 23.1 Å². The van der Waals surface area contributed by atoms with Gasteiger partial charge in [-0.05, 0) is 60.2 Å². The zero-order valence-corrected chi connectivity index (χ0v) is 12.1. The van der Waals surface area contributed by atoms with Crippen LogP contribution in [-0.2, 0) is 19.4 Å². The van der Waals surface area contributed by atoms with Gasteiger partial charge in [-0.25, -0.2) is 0 Å². The summed E-state index contributed by atoms with van der Waals surface area (Å²) in [7, 11) is 0. The zero-order chi connectivity index (χ0) is 13.2. The highest BCUT2D eigenvalue weighted by molar-refractivity contribution is 6.42. The summed E-state index contributed by atoms with van der Waals surface area (Å²) in [6, 6.07) is 12.4. The minimum atomic E-state index is 0.600. The highest BCUT2D eigenvalue weighted by Gasteiger charge is 2.10. The van der Waals surface area contributed by atoms with Gasteiger partial charge in [0, 0.05) is 12.2 Å². The van der Waals surface area contributed by atoms with Crippen molar-refractivity contribution in [1.29, 1.82) is 0 Å². The fourth-order valence-electron chi connectivity index (χ4n) is 2.54. The fraction of sp³-hybridized carbons (Fsp3) is 0.250. The minimum absolute atomic E-state index is 0.600. The number of rotatable bonds is 3. The molecule has 0 bridgehead atoms. The van der Waals surface area contributed by atoms with Gasteiger partial charge in [-0.3, -0.25) is 0 Å². The summed E-state index contributed by atoms with van der Waals surface area (Å²) in [4.78, 5) is 0. The van der Waals surface area contributed by atoms with Crippen molar-refractivity contribution in [2.75, 3.05) is 5.32 Å². The Morgan fingerprint density at radius 2 is 1.74 bits per heavy atom. The molecule has 1 aliphatic rings. The molecule has 0 spiro atoms. The maximum absolute atomic E-state index is 6.01. The molecule has 0 radical (unpaired) electrons. The van der Waals surface area contributed by atoms with Gasteiger partial charge in [0.1, 0.15) is 0 Å². The van der Waals surface area contributed by atoms with Gasteiger partial charge in [0.05, 0.1) is 10.0 Å². The molecule has 19 heavy (non-hydrogen) atoms. The second kappa shape index (κ2) is 5.44. The quantitative estimate of drug-likeness (QED) is 0.830. The molecule has 0 amide bonds. The molecule has 1 nitrogen and oxygen atoms in total. The van der Waals surface area contributed by atoms with Crippen LogP contribution in [0.25, 0.3) is 0 Å². The first-order chi connectivity index (χ1) is 9.22. The molecule has 2 aromatic rings. The first kappa shape index (κ1) is 12.8. The van der Waals surface area contributed by atoms with E-state index in [-0.39, 0.29) is 0 Å². The molecule has 0 aliphatic heterocycles. The molecule has 0 heterocycles. The van der Waals surface area contributed by atoms with Gasteiger partial charge in [-0.2, -0.15) is 0 Å². The van der Waals surface area contributed by atoms with Gasteiger partial charge in [-0.15, -0.1) is 0 Å². The third kappa shape index (κ3) is 2.88. The van der Waals surface area contributed by atoms with E-state index in [9.17, 15) is 0 Å². The molecule has 0 unspecified atom stereocenters. The van der Waals surface area contributed by atoms with Crippen molar-refractivity contribution < 1.29 is 0 Å². The van der Waals surface area contributed by atoms with Crippen LogP contribution in [-0.4, -0.2) is 0 Å². The first-order valence-corrected chi connectivity index (χ1v) is 7.27. The summed E-state index contributed by atoms with van der Waals surface area (Å²) in [5.74, 6) is 0. The van der Waals surface area contributed by atoms with Gasteiger partial charge in [-0.1, -0.05) is 35.3 Å². The summed E-state index contributed by atoms with van der Waals surface area (Å²) in [6.45, 7) is 0.760. The Morgan fingerprint density at radius 1 is 0.895 bits per heavy atom. The molecule has 0 atom stereocenters. The van der Waals surface area contributed by atoms with E-state index >= 15 is 0 Å². The molecular weight excluding hydrogens is 277 g/mol. The van der Waals surface area contributed by atoms with E-state index in [4.69, 9.17) is 23.2 Å². The molecule has 2 aromatic carbocycles. The highest BCUT2D eigenvalue weighted by atomic mass is 35.5. The summed E-state index contributed by atoms with van der Waals surface area (Å²) >= 11 is 11.9. The zero-order valence-electron chi connectivity index (χ0n) is 10.5. The summed E-state index contributed by atoms with van der Waals surface area (Å²) in [5.41, 5.74) is 5.29. The number of halogens is 2. The predicted molar refractivity (Wildman–Crippen MR) is 82.3 cm³/mol. The van der Waals surface area contributed by atoms with E-state index in [1.165, 1.54) is 36.1 Å². The number of aryl methyl sites for hydroxylation is 2. The average molecular weight is 292 g/mol. The molecule has 0 fully saturated rings. The Morgan fingerprint density at radius 3 is 2.58 bits per heavy atom. The molecule has 0 aromatic heterocycles. The largest absolute Gasteiger partial charge is 0.381 e. The van der Waals surface area contributed by atoms with Crippen LogP contribution in [0.2, 0.25) is 10.0 Å². The number of nitrogens with one attached hydrogen (secondary N) is 1. The van der Waals surface area contributed by atoms with Crippen molar-refractivity contribution in [3.63, 3.8) is 0 Å². The van der Waals surface area contributed by atoms with E-state index in [1.807, 2.05) is 18.2 Å². The molecule has 98 valence electrons. The number of hydrogen-bond acceptors (Lipinski definition) is 1. The standard InChI is InChI=1S/C16H15Cl2N/c17-15-7-4-11(8-16(15)18)10-19-14-6-5-12-2-1-3-13(12)9-14/h4-9,19H,1-3,10H2. The topological polar surface area (TPSA) is 12.0 Å². The van der Waals surface area contributed by atoms with Gasteiger partial charge >= 0.3 is 0 Å². The molecule has 1 aliphatic carbocycles. The summed E-state index contributed by atoms with van der Waals surface area (Å²) in [6.07, 6.45) is 3.71. The van der Waals surface area contributed by atoms with Crippen molar-refractivity contribution in [3.8, 4) is 0 Å². The highest BCUT2D eigenvalue weighted by Crippen LogP contribution is 2.26. The lowest BCUT2D eigenvalue weighted by Crippen LogP contribution is -2.00. The van der Waals surface area contributed by atoms with Gasteiger partial charge in [0.15, 0.2) is 0 Å². The second-order valence-corrected chi connectivity index (χ2v) is 5.75. The maximum atomic E-state index is 6.01. The first-order valence-electron chi connectivity index (χ1n) is 6.52. The lowest BCUT2D eigenvalue weighted by Gasteiger charge is -2.09. The van der Waals surface area contributed by atoms with Crippen LogP contribution in [0.3, 0.4) is 0 Å². The van der Waals surface area contributed by atoms with Crippen molar-refractivity contribution in [3.05, 3.63) is 63.1 Å². The predicted octanol–water partition coefficient (Wildman–Crippen LogP) is 5.09. The van der Waals surface area contributed by atoms with E-state index < -0.39 is 0 Å². The van der Waals surface area contributed by atoms with Crippen LogP contribution in [0.4, 0.5) is 5.69 Å². The number of fused-ring (bicyclic) bond motifs is 1. The molecule has 0 saturated heterocycles. The smallest absolute Gasteiger partial charge is 0.0595 e. The van der Waals surface area contributed by atoms with Crippen LogP contribution < -0.4 is 5.32 Å². The van der Waals surface area contributed by atoms with Crippen LogP contribution in [0.15, 0.2) is 36.4 Å². The minimum Gasteiger partial charge on any atom is -0.381 e. The van der Waals surface area contributed by atoms with Crippen LogP contribution >= 0.6 is 23.2 Å². The average Bonchev–Trinajstić information content (AvgIpc) is 2.87. The Bertz CT molecular complexity index is 608. The normalized spacial score (nSPS) is 13.4. The SMILES string of the molecule is Clc1ccc(CNc2ccc3c(c2)CCC3)cc1Cl. The Labute approximate surface area is 123 Å². The molecule has 3 heteroatoms. The second-order valence-electron chi connectivity index (χ2n) is 4.94. The Balaban J connectivity index is 1.70. The van der Waals surface area contributed by atoms with Crippen molar-refractivity contribution in [1.82, 2.24) is 0 Å². The lowest BCUT2D eigenvalue weighted by molar-refractivity contribution is 0.912. The van der Waals surface area contributed by atoms with E-state index in [0.717, 1.165) is 12.1 Å². The van der Waals surface area contributed by atoms with Gasteiger partial charge in [0.2, 0.25) is 0 Å². The third-order valence-corrected chi connectivity index (χ3v) is 4.32. The van der Waals surface area contributed by atoms with Crippen LogP contribution in [0.5, 0.6) is 0 Å². The Hall–Kier alpha value is -1.18. The van der Waals surface area contributed by atoms with Gasteiger partial charge in [0.25, 0.3) is 0 Å². The molecule has 1 N–H and O–H groups in total. The molecule has 0 saturated carbocycles. The summed E-state index contributed by atoms with van der Waals surface area (Å²) < 4.78 is 0. The maximum Gasteiger partial charge on any atom is 0.0595 e. The van der Waals surface area contributed by atoms with Gasteiger partial charge < -0.3 is 5.32 Å². The summed E-state index contributed by atoms with van der Waals surface area (Å²) in [5, 5.41) is 4.64. The number of hydrogen-bond donors (Lipinski definition) is 1. The van der Waals surface area contributed by atoms with E-state index in [0.29, 0.717) is 10.0 Å². The lowest BCUT2D eigenvalue weighted by atomic mass is 10.1.